The Morgan fingerprint density at radius 2 is 2.04 bits per heavy atom. The maximum absolute atomic E-state index is 10.9. The Hall–Kier alpha value is -2.73. The second-order valence-corrected chi connectivity index (χ2v) is 5.90. The van der Waals surface area contributed by atoms with E-state index in [4.69, 9.17) is 4.74 Å². The third-order valence-electron chi connectivity index (χ3n) is 3.39. The minimum atomic E-state index is -0.396. The molecule has 116 valence electrons. The zero-order valence-electron chi connectivity index (χ0n) is 12.4. The highest BCUT2D eigenvalue weighted by Crippen LogP contribution is 2.26. The monoisotopic (exact) mass is 326 g/mol. The van der Waals surface area contributed by atoms with E-state index in [2.05, 4.69) is 4.98 Å². The molecule has 0 amide bonds. The highest BCUT2D eigenvalue weighted by molar-refractivity contribution is 7.10. The molecule has 0 bridgehead atoms. The molecular weight excluding hydrogens is 312 g/mol. The molecule has 0 atom stereocenters. The van der Waals surface area contributed by atoms with Crippen LogP contribution >= 0.6 is 11.3 Å². The zero-order chi connectivity index (χ0) is 16.2. The fourth-order valence-corrected chi connectivity index (χ4v) is 3.10. The van der Waals surface area contributed by atoms with E-state index in [1.54, 1.807) is 30.6 Å². The predicted molar refractivity (Wildman–Crippen MR) is 90.0 cm³/mol. The van der Waals surface area contributed by atoms with Crippen LogP contribution in [0.2, 0.25) is 0 Å². The molecule has 0 unspecified atom stereocenters. The van der Waals surface area contributed by atoms with Gasteiger partial charge in [-0.25, -0.2) is 4.98 Å². The van der Waals surface area contributed by atoms with Crippen molar-refractivity contribution >= 4 is 17.0 Å². The van der Waals surface area contributed by atoms with E-state index in [0.717, 1.165) is 27.6 Å². The van der Waals surface area contributed by atoms with Crippen LogP contribution in [0.15, 0.2) is 53.9 Å². The number of rotatable bonds is 5. The molecule has 1 heterocycles. The maximum atomic E-state index is 10.9. The van der Waals surface area contributed by atoms with Crippen molar-refractivity contribution in [1.29, 1.82) is 0 Å². The number of ether oxygens (including phenoxy) is 1. The van der Waals surface area contributed by atoms with Crippen molar-refractivity contribution in [2.75, 3.05) is 7.11 Å². The van der Waals surface area contributed by atoms with Crippen molar-refractivity contribution < 1.29 is 9.66 Å². The number of nitrogens with zero attached hydrogens (tertiary/aromatic N) is 2. The van der Waals surface area contributed by atoms with Gasteiger partial charge in [0.25, 0.3) is 5.69 Å². The lowest BCUT2D eigenvalue weighted by Crippen LogP contribution is -1.90. The Morgan fingerprint density at radius 1 is 1.22 bits per heavy atom. The third-order valence-corrected chi connectivity index (χ3v) is 4.24. The molecule has 0 radical (unpaired) electrons. The Labute approximate surface area is 137 Å². The minimum absolute atomic E-state index is 0.0739. The average Bonchev–Trinajstić information content (AvgIpc) is 3.03. The lowest BCUT2D eigenvalue weighted by atomic mass is 10.1. The summed E-state index contributed by atoms with van der Waals surface area (Å²) in [7, 11) is 1.64. The van der Waals surface area contributed by atoms with Gasteiger partial charge < -0.3 is 4.74 Å². The van der Waals surface area contributed by atoms with Crippen molar-refractivity contribution in [3.05, 3.63) is 74.6 Å². The van der Waals surface area contributed by atoms with E-state index in [9.17, 15) is 10.1 Å². The first-order chi connectivity index (χ1) is 11.2. The van der Waals surface area contributed by atoms with E-state index >= 15 is 0 Å². The summed E-state index contributed by atoms with van der Waals surface area (Å²) in [5.74, 6) is 0.818. The number of aromatic nitrogens is 1. The number of methoxy groups -OCH3 is 1. The zero-order valence-corrected chi connectivity index (χ0v) is 13.2. The maximum Gasteiger partial charge on any atom is 0.270 e. The topological polar surface area (TPSA) is 65.3 Å². The Balaban J connectivity index is 1.83. The van der Waals surface area contributed by atoms with Crippen LogP contribution in [0.1, 0.15) is 10.6 Å². The quantitative estimate of drug-likeness (QED) is 0.517. The Kier molecular flexibility index (Phi) is 4.34. The molecule has 23 heavy (non-hydrogen) atoms. The predicted octanol–water partition coefficient (Wildman–Crippen LogP) is 4.32. The van der Waals surface area contributed by atoms with Gasteiger partial charge in [0.2, 0.25) is 0 Å². The normalized spacial score (nSPS) is 10.5. The van der Waals surface area contributed by atoms with E-state index in [0.29, 0.717) is 6.42 Å². The van der Waals surface area contributed by atoms with Crippen LogP contribution in [0.25, 0.3) is 11.3 Å². The molecule has 1 aromatic heterocycles. The first kappa shape index (κ1) is 15.2. The van der Waals surface area contributed by atoms with E-state index in [1.807, 2.05) is 35.7 Å². The summed E-state index contributed by atoms with van der Waals surface area (Å²) in [4.78, 5) is 15.1. The second-order valence-electron chi connectivity index (χ2n) is 4.96. The second kappa shape index (κ2) is 6.58. The largest absolute Gasteiger partial charge is 0.497 e. The highest BCUT2D eigenvalue weighted by atomic mass is 32.1. The smallest absolute Gasteiger partial charge is 0.270 e. The average molecular weight is 326 g/mol. The summed E-state index contributed by atoms with van der Waals surface area (Å²) < 4.78 is 5.22. The van der Waals surface area contributed by atoms with E-state index in [1.165, 1.54) is 6.07 Å². The van der Waals surface area contributed by atoms with Crippen molar-refractivity contribution in [2.45, 2.75) is 6.42 Å². The number of hydrogen-bond acceptors (Lipinski definition) is 5. The SMILES string of the molecule is COc1cccc(Cc2nc(-c3cccc([N+](=O)[O-])c3)cs2)c1. The van der Waals surface area contributed by atoms with Gasteiger partial charge in [-0.2, -0.15) is 0 Å². The molecule has 0 aliphatic carbocycles. The number of thiazole rings is 1. The van der Waals surface area contributed by atoms with Crippen molar-refractivity contribution in [1.82, 2.24) is 4.98 Å². The summed E-state index contributed by atoms with van der Waals surface area (Å²) in [6, 6.07) is 14.4. The van der Waals surface area contributed by atoms with Crippen molar-refractivity contribution in [3.8, 4) is 17.0 Å². The number of benzene rings is 2. The Bertz CT molecular complexity index is 845. The Morgan fingerprint density at radius 3 is 2.83 bits per heavy atom. The van der Waals surface area contributed by atoms with Crippen LogP contribution < -0.4 is 4.74 Å². The summed E-state index contributed by atoms with van der Waals surface area (Å²) in [6.07, 6.45) is 0.705. The molecule has 0 N–H and O–H groups in total. The van der Waals surface area contributed by atoms with Gasteiger partial charge in [0, 0.05) is 29.5 Å². The van der Waals surface area contributed by atoms with Gasteiger partial charge in [0.1, 0.15) is 5.75 Å². The number of hydrogen-bond donors (Lipinski definition) is 0. The molecule has 2 aromatic carbocycles. The fourth-order valence-electron chi connectivity index (χ4n) is 2.26. The lowest BCUT2D eigenvalue weighted by molar-refractivity contribution is -0.384. The van der Waals surface area contributed by atoms with Gasteiger partial charge in [0.05, 0.1) is 22.7 Å². The van der Waals surface area contributed by atoms with Gasteiger partial charge in [-0.3, -0.25) is 10.1 Å². The van der Waals surface area contributed by atoms with Crippen LogP contribution in [0, 0.1) is 10.1 Å². The van der Waals surface area contributed by atoms with Crippen LogP contribution in [0.4, 0.5) is 5.69 Å². The first-order valence-corrected chi connectivity index (χ1v) is 7.86. The number of nitro benzene ring substituents is 1. The third kappa shape index (κ3) is 3.54. The standard InChI is InChI=1S/C17H14N2O3S/c1-22-15-7-2-4-12(8-15)9-17-18-16(11-23-17)13-5-3-6-14(10-13)19(20)21/h2-8,10-11H,9H2,1H3. The summed E-state index contributed by atoms with van der Waals surface area (Å²) >= 11 is 1.55. The fraction of sp³-hybridized carbons (Fsp3) is 0.118. The van der Waals surface area contributed by atoms with Crippen molar-refractivity contribution in [2.24, 2.45) is 0 Å². The van der Waals surface area contributed by atoms with Crippen LogP contribution in [-0.2, 0) is 6.42 Å². The summed E-state index contributed by atoms with van der Waals surface area (Å²) in [5.41, 5.74) is 2.71. The van der Waals surface area contributed by atoms with Gasteiger partial charge in [-0.15, -0.1) is 11.3 Å². The van der Waals surface area contributed by atoms with Crippen LogP contribution in [-0.4, -0.2) is 17.0 Å². The molecule has 5 nitrogen and oxygen atoms in total. The van der Waals surface area contributed by atoms with Crippen molar-refractivity contribution in [3.63, 3.8) is 0 Å². The molecular formula is C17H14N2O3S. The molecule has 0 aliphatic heterocycles. The van der Waals surface area contributed by atoms with Gasteiger partial charge >= 0.3 is 0 Å². The lowest BCUT2D eigenvalue weighted by Gasteiger charge is -2.02. The number of non-ortho nitro benzene ring substituents is 1. The van der Waals surface area contributed by atoms with Crippen LogP contribution in [0.5, 0.6) is 5.75 Å². The summed E-state index contributed by atoms with van der Waals surface area (Å²) in [5, 5.41) is 13.8. The van der Waals surface area contributed by atoms with Gasteiger partial charge in [-0.05, 0) is 17.7 Å². The van der Waals surface area contributed by atoms with Gasteiger partial charge in [0.15, 0.2) is 0 Å². The van der Waals surface area contributed by atoms with E-state index in [-0.39, 0.29) is 5.69 Å². The summed E-state index contributed by atoms with van der Waals surface area (Å²) in [6.45, 7) is 0. The minimum Gasteiger partial charge on any atom is -0.497 e. The molecule has 0 aliphatic rings. The molecule has 0 fully saturated rings. The molecule has 0 spiro atoms. The molecule has 0 saturated carbocycles. The molecule has 0 saturated heterocycles. The van der Waals surface area contributed by atoms with Gasteiger partial charge in [-0.1, -0.05) is 24.3 Å². The van der Waals surface area contributed by atoms with E-state index < -0.39 is 4.92 Å². The molecule has 3 aromatic rings. The van der Waals surface area contributed by atoms with Crippen LogP contribution in [0.3, 0.4) is 0 Å². The number of nitro groups is 1. The highest BCUT2D eigenvalue weighted by Gasteiger charge is 2.10. The molecule has 3 rings (SSSR count). The molecule has 6 heteroatoms. The first-order valence-electron chi connectivity index (χ1n) is 6.98.